The molecule has 11 heavy (non-hydrogen) atoms. The number of halogens is 3. The monoisotopic (exact) mass is 342 g/mol. The van der Waals surface area contributed by atoms with Crippen LogP contribution in [0.1, 0.15) is 0 Å². The molecule has 0 saturated carbocycles. The first-order valence-corrected chi connectivity index (χ1v) is 5.22. The van der Waals surface area contributed by atoms with Crippen LogP contribution >= 0.6 is 47.8 Å². The Kier molecular flexibility index (Phi) is 3.40. The molecule has 0 aromatic heterocycles. The summed E-state index contributed by atoms with van der Waals surface area (Å²) in [6.45, 7) is 0. The van der Waals surface area contributed by atoms with Crippen LogP contribution in [-0.4, -0.2) is 7.11 Å². The molecule has 0 aliphatic carbocycles. The Morgan fingerprint density at radius 3 is 2.09 bits per heavy atom. The van der Waals surface area contributed by atoms with Gasteiger partial charge in [0.15, 0.2) is 0 Å². The molecule has 0 N–H and O–H groups in total. The molecule has 0 heterocycles. The third kappa shape index (κ3) is 1.98. The highest BCUT2D eigenvalue weighted by Gasteiger charge is 2.07. The molecule has 0 unspecified atom stereocenters. The van der Waals surface area contributed by atoms with Crippen molar-refractivity contribution in [1.82, 2.24) is 0 Å². The first kappa shape index (κ1) is 9.55. The summed E-state index contributed by atoms with van der Waals surface area (Å²) in [7, 11) is 1.64. The van der Waals surface area contributed by atoms with Gasteiger partial charge in [0.2, 0.25) is 0 Å². The van der Waals surface area contributed by atoms with Crippen LogP contribution in [0.25, 0.3) is 0 Å². The van der Waals surface area contributed by atoms with Crippen molar-refractivity contribution < 1.29 is 4.74 Å². The van der Waals surface area contributed by atoms with Gasteiger partial charge in [-0.15, -0.1) is 0 Å². The summed E-state index contributed by atoms with van der Waals surface area (Å²) in [6.07, 6.45) is 0. The number of ether oxygens (including phenoxy) is 1. The van der Waals surface area contributed by atoms with Crippen molar-refractivity contribution in [3.05, 3.63) is 25.6 Å². The molecule has 0 atom stereocenters. The SMILES string of the molecule is COc1c(Br)ccc(Br)c1Br. The van der Waals surface area contributed by atoms with E-state index in [1.165, 1.54) is 0 Å². The van der Waals surface area contributed by atoms with E-state index in [1.807, 2.05) is 12.1 Å². The normalized spacial score (nSPS) is 9.82. The lowest BCUT2D eigenvalue weighted by molar-refractivity contribution is 0.409. The second-order valence-corrected chi connectivity index (χ2v) is 4.38. The zero-order valence-electron chi connectivity index (χ0n) is 5.70. The van der Waals surface area contributed by atoms with Crippen LogP contribution < -0.4 is 4.74 Å². The van der Waals surface area contributed by atoms with E-state index in [2.05, 4.69) is 47.8 Å². The van der Waals surface area contributed by atoms with E-state index in [1.54, 1.807) is 7.11 Å². The predicted octanol–water partition coefficient (Wildman–Crippen LogP) is 3.98. The third-order valence-electron chi connectivity index (χ3n) is 1.21. The topological polar surface area (TPSA) is 9.23 Å². The molecular formula is C7H5Br3O. The summed E-state index contributed by atoms with van der Waals surface area (Å²) in [4.78, 5) is 0. The zero-order chi connectivity index (χ0) is 8.43. The van der Waals surface area contributed by atoms with Crippen LogP contribution in [0.5, 0.6) is 5.75 Å². The van der Waals surface area contributed by atoms with Gasteiger partial charge in [-0.2, -0.15) is 0 Å². The van der Waals surface area contributed by atoms with Crippen molar-refractivity contribution in [3.63, 3.8) is 0 Å². The van der Waals surface area contributed by atoms with Gasteiger partial charge in [-0.1, -0.05) is 0 Å². The quantitative estimate of drug-likeness (QED) is 0.700. The molecule has 1 nitrogen and oxygen atoms in total. The minimum absolute atomic E-state index is 0.805. The number of hydrogen-bond acceptors (Lipinski definition) is 1. The van der Waals surface area contributed by atoms with Gasteiger partial charge in [0.05, 0.1) is 16.1 Å². The van der Waals surface area contributed by atoms with Crippen molar-refractivity contribution in [2.24, 2.45) is 0 Å². The predicted molar refractivity (Wildman–Crippen MR) is 56.1 cm³/mol. The summed E-state index contributed by atoms with van der Waals surface area (Å²) in [5.41, 5.74) is 0. The highest BCUT2D eigenvalue weighted by Crippen LogP contribution is 2.38. The molecule has 4 heteroatoms. The number of methoxy groups -OCH3 is 1. The first-order chi connectivity index (χ1) is 5.16. The van der Waals surface area contributed by atoms with Gasteiger partial charge < -0.3 is 4.74 Å². The lowest BCUT2D eigenvalue weighted by Gasteiger charge is -2.06. The van der Waals surface area contributed by atoms with E-state index >= 15 is 0 Å². The molecule has 0 aliphatic rings. The smallest absolute Gasteiger partial charge is 0.148 e. The Morgan fingerprint density at radius 2 is 1.64 bits per heavy atom. The van der Waals surface area contributed by atoms with Crippen molar-refractivity contribution in [2.45, 2.75) is 0 Å². The molecule has 0 saturated heterocycles. The Morgan fingerprint density at radius 1 is 1.09 bits per heavy atom. The Hall–Kier alpha value is 0.460. The lowest BCUT2D eigenvalue weighted by Crippen LogP contribution is -1.86. The summed E-state index contributed by atoms with van der Waals surface area (Å²) in [5.74, 6) is 0.805. The third-order valence-corrected chi connectivity index (χ3v) is 3.81. The van der Waals surface area contributed by atoms with E-state index in [4.69, 9.17) is 4.74 Å². The molecule has 0 spiro atoms. The molecule has 1 rings (SSSR count). The molecule has 0 fully saturated rings. The molecule has 0 bridgehead atoms. The van der Waals surface area contributed by atoms with Crippen molar-refractivity contribution in [3.8, 4) is 5.75 Å². The maximum atomic E-state index is 5.13. The Labute approximate surface area is 90.5 Å². The molecule has 60 valence electrons. The van der Waals surface area contributed by atoms with Gasteiger partial charge in [0, 0.05) is 4.47 Å². The lowest BCUT2D eigenvalue weighted by atomic mass is 10.3. The number of rotatable bonds is 1. The van der Waals surface area contributed by atoms with E-state index < -0.39 is 0 Å². The fourth-order valence-electron chi connectivity index (χ4n) is 0.696. The summed E-state index contributed by atoms with van der Waals surface area (Å²) < 4.78 is 7.98. The largest absolute Gasteiger partial charge is 0.494 e. The van der Waals surface area contributed by atoms with Crippen LogP contribution in [0.15, 0.2) is 25.6 Å². The van der Waals surface area contributed by atoms with Crippen LogP contribution in [0, 0.1) is 0 Å². The van der Waals surface area contributed by atoms with Gasteiger partial charge in [-0.3, -0.25) is 0 Å². The standard InChI is InChI=1S/C7H5Br3O/c1-11-7-5(9)3-2-4(8)6(7)10/h2-3H,1H3. The minimum atomic E-state index is 0.805. The molecule has 0 aliphatic heterocycles. The first-order valence-electron chi connectivity index (χ1n) is 2.84. The van der Waals surface area contributed by atoms with Gasteiger partial charge in [-0.05, 0) is 59.9 Å². The second-order valence-electron chi connectivity index (χ2n) is 1.88. The zero-order valence-corrected chi connectivity index (χ0v) is 10.5. The van der Waals surface area contributed by atoms with Gasteiger partial charge in [-0.25, -0.2) is 0 Å². The molecule has 0 amide bonds. The highest BCUT2D eigenvalue weighted by molar-refractivity contribution is 9.13. The fourth-order valence-corrected chi connectivity index (χ4v) is 2.27. The van der Waals surface area contributed by atoms with Gasteiger partial charge in [0.1, 0.15) is 5.75 Å². The molecule has 1 aromatic carbocycles. The van der Waals surface area contributed by atoms with Crippen molar-refractivity contribution in [2.75, 3.05) is 7.11 Å². The van der Waals surface area contributed by atoms with Crippen molar-refractivity contribution >= 4 is 47.8 Å². The van der Waals surface area contributed by atoms with E-state index in [0.717, 1.165) is 19.2 Å². The summed E-state index contributed by atoms with van der Waals surface area (Å²) in [6, 6.07) is 3.87. The fraction of sp³-hybridized carbons (Fsp3) is 0.143. The van der Waals surface area contributed by atoms with Gasteiger partial charge >= 0.3 is 0 Å². The number of hydrogen-bond donors (Lipinski definition) is 0. The second kappa shape index (κ2) is 3.92. The van der Waals surface area contributed by atoms with E-state index in [9.17, 15) is 0 Å². The Bertz CT molecular complexity index is 273. The number of benzene rings is 1. The van der Waals surface area contributed by atoms with Crippen LogP contribution in [0.2, 0.25) is 0 Å². The maximum absolute atomic E-state index is 5.13. The average molecular weight is 345 g/mol. The molecule has 1 aromatic rings. The van der Waals surface area contributed by atoms with E-state index in [0.29, 0.717) is 0 Å². The minimum Gasteiger partial charge on any atom is -0.494 e. The van der Waals surface area contributed by atoms with Gasteiger partial charge in [0.25, 0.3) is 0 Å². The average Bonchev–Trinajstić information content (AvgIpc) is 1.99. The van der Waals surface area contributed by atoms with Crippen LogP contribution in [0.3, 0.4) is 0 Å². The summed E-state index contributed by atoms with van der Waals surface area (Å²) in [5, 5.41) is 0. The van der Waals surface area contributed by atoms with Crippen molar-refractivity contribution in [1.29, 1.82) is 0 Å². The maximum Gasteiger partial charge on any atom is 0.148 e. The molecule has 0 radical (unpaired) electrons. The van der Waals surface area contributed by atoms with Crippen LogP contribution in [-0.2, 0) is 0 Å². The highest BCUT2D eigenvalue weighted by atomic mass is 79.9. The van der Waals surface area contributed by atoms with E-state index in [-0.39, 0.29) is 0 Å². The summed E-state index contributed by atoms with van der Waals surface area (Å²) >= 11 is 10.1. The molecular weight excluding hydrogens is 340 g/mol. The Balaban J connectivity index is 3.29. The van der Waals surface area contributed by atoms with Crippen LogP contribution in [0.4, 0.5) is 0 Å².